The number of nitrogens with two attached hydrogens (primary N) is 1. The van der Waals surface area contributed by atoms with E-state index in [1.165, 1.54) is 47.9 Å². The van der Waals surface area contributed by atoms with E-state index in [0.29, 0.717) is 6.04 Å². The Kier molecular flexibility index (Phi) is 4.51. The second-order valence-electron chi connectivity index (χ2n) is 6.13. The fraction of sp³-hybridized carbons (Fsp3) is 0.647. The van der Waals surface area contributed by atoms with E-state index in [1.807, 2.05) is 0 Å². The third-order valence-corrected chi connectivity index (χ3v) is 4.70. The molecule has 0 atom stereocenters. The normalized spacial score (nSPS) is 23.4. The monoisotopic (exact) mass is 261 g/mol. The van der Waals surface area contributed by atoms with Crippen molar-refractivity contribution in [3.8, 4) is 5.75 Å². The number of ether oxygens (including phenoxy) is 1. The number of rotatable bonds is 3. The third kappa shape index (κ3) is 3.11. The molecule has 0 bridgehead atoms. The lowest BCUT2D eigenvalue weighted by Gasteiger charge is -2.27. The van der Waals surface area contributed by atoms with Crippen LogP contribution in [0.25, 0.3) is 0 Å². The second-order valence-corrected chi connectivity index (χ2v) is 6.13. The van der Waals surface area contributed by atoms with Crippen molar-refractivity contribution < 1.29 is 4.74 Å². The molecule has 0 aromatic heterocycles. The molecule has 0 aliphatic heterocycles. The van der Waals surface area contributed by atoms with E-state index in [1.54, 1.807) is 7.11 Å². The molecule has 2 rings (SSSR count). The number of aryl methyl sites for hydroxylation is 2. The van der Waals surface area contributed by atoms with Crippen molar-refractivity contribution in [1.29, 1.82) is 0 Å². The third-order valence-electron chi connectivity index (χ3n) is 4.70. The van der Waals surface area contributed by atoms with E-state index < -0.39 is 0 Å². The maximum Gasteiger partial charge on any atom is 0.125 e. The van der Waals surface area contributed by atoms with Gasteiger partial charge in [-0.2, -0.15) is 0 Å². The summed E-state index contributed by atoms with van der Waals surface area (Å²) in [4.78, 5) is 0. The number of hydrogen-bond donors (Lipinski definition) is 1. The zero-order valence-electron chi connectivity index (χ0n) is 12.8. The van der Waals surface area contributed by atoms with Crippen molar-refractivity contribution in [2.45, 2.75) is 58.9 Å². The van der Waals surface area contributed by atoms with Crippen LogP contribution in [-0.2, 0) is 6.42 Å². The first kappa shape index (κ1) is 14.4. The molecule has 1 aromatic rings. The molecule has 1 aliphatic carbocycles. The zero-order valence-corrected chi connectivity index (χ0v) is 12.8. The molecule has 0 unspecified atom stereocenters. The Morgan fingerprint density at radius 1 is 1.11 bits per heavy atom. The van der Waals surface area contributed by atoms with Crippen molar-refractivity contribution in [3.63, 3.8) is 0 Å². The lowest BCUT2D eigenvalue weighted by atomic mass is 9.81. The van der Waals surface area contributed by atoms with Gasteiger partial charge in [0.05, 0.1) is 7.11 Å². The minimum absolute atomic E-state index is 0.430. The molecule has 1 fully saturated rings. The predicted molar refractivity (Wildman–Crippen MR) is 80.8 cm³/mol. The molecule has 106 valence electrons. The lowest BCUT2D eigenvalue weighted by Crippen LogP contribution is -2.27. The first-order valence-electron chi connectivity index (χ1n) is 7.42. The summed E-state index contributed by atoms with van der Waals surface area (Å²) < 4.78 is 5.68. The van der Waals surface area contributed by atoms with Gasteiger partial charge in [-0.3, -0.25) is 0 Å². The predicted octanol–water partition coefficient (Wildman–Crippen LogP) is 3.68. The van der Waals surface area contributed by atoms with Crippen LogP contribution in [0, 0.1) is 26.7 Å². The second kappa shape index (κ2) is 5.96. The molecule has 2 heteroatoms. The number of hydrogen-bond acceptors (Lipinski definition) is 2. The highest BCUT2D eigenvalue weighted by molar-refractivity contribution is 5.49. The first-order valence-corrected chi connectivity index (χ1v) is 7.42. The summed E-state index contributed by atoms with van der Waals surface area (Å²) in [6.45, 7) is 6.53. The highest BCUT2D eigenvalue weighted by atomic mass is 16.5. The molecular formula is C17H27NO. The Morgan fingerprint density at radius 3 is 2.32 bits per heavy atom. The summed E-state index contributed by atoms with van der Waals surface area (Å²) in [5.41, 5.74) is 11.4. The van der Waals surface area contributed by atoms with Gasteiger partial charge in [-0.05, 0) is 81.0 Å². The summed E-state index contributed by atoms with van der Waals surface area (Å²) in [6, 6.07) is 2.72. The topological polar surface area (TPSA) is 35.2 Å². The maximum atomic E-state index is 6.00. The van der Waals surface area contributed by atoms with E-state index in [2.05, 4.69) is 26.8 Å². The Hall–Kier alpha value is -1.02. The Bertz CT molecular complexity index is 445. The van der Waals surface area contributed by atoms with Gasteiger partial charge in [-0.15, -0.1) is 0 Å². The molecule has 0 radical (unpaired) electrons. The van der Waals surface area contributed by atoms with Gasteiger partial charge in [0, 0.05) is 6.04 Å². The highest BCUT2D eigenvalue weighted by Gasteiger charge is 2.22. The van der Waals surface area contributed by atoms with Gasteiger partial charge in [0.1, 0.15) is 5.75 Å². The molecule has 19 heavy (non-hydrogen) atoms. The van der Waals surface area contributed by atoms with Gasteiger partial charge < -0.3 is 10.5 Å². The van der Waals surface area contributed by atoms with Crippen molar-refractivity contribution >= 4 is 0 Å². The summed E-state index contributed by atoms with van der Waals surface area (Å²) in [7, 11) is 1.79. The smallest absolute Gasteiger partial charge is 0.125 e. The van der Waals surface area contributed by atoms with Crippen LogP contribution in [0.15, 0.2) is 6.07 Å². The number of methoxy groups -OCH3 is 1. The summed E-state index contributed by atoms with van der Waals surface area (Å²) >= 11 is 0. The van der Waals surface area contributed by atoms with E-state index >= 15 is 0 Å². The first-order chi connectivity index (χ1) is 9.02. The Morgan fingerprint density at radius 2 is 1.74 bits per heavy atom. The van der Waals surface area contributed by atoms with Gasteiger partial charge in [0.25, 0.3) is 0 Å². The molecule has 2 nitrogen and oxygen atoms in total. The molecule has 0 saturated heterocycles. The van der Waals surface area contributed by atoms with Crippen LogP contribution in [0.4, 0.5) is 0 Å². The van der Waals surface area contributed by atoms with Crippen molar-refractivity contribution in [2.75, 3.05) is 7.11 Å². The van der Waals surface area contributed by atoms with Gasteiger partial charge in [0.2, 0.25) is 0 Å². The summed E-state index contributed by atoms with van der Waals surface area (Å²) in [6.07, 6.45) is 6.02. The minimum Gasteiger partial charge on any atom is -0.496 e. The highest BCUT2D eigenvalue weighted by Crippen LogP contribution is 2.34. The van der Waals surface area contributed by atoms with Crippen molar-refractivity contribution in [3.05, 3.63) is 28.3 Å². The van der Waals surface area contributed by atoms with Gasteiger partial charge in [0.15, 0.2) is 0 Å². The lowest BCUT2D eigenvalue weighted by molar-refractivity contribution is 0.319. The maximum absolute atomic E-state index is 6.00. The van der Waals surface area contributed by atoms with E-state index in [0.717, 1.165) is 18.1 Å². The van der Waals surface area contributed by atoms with Crippen LogP contribution in [-0.4, -0.2) is 13.2 Å². The van der Waals surface area contributed by atoms with Crippen LogP contribution in [0.2, 0.25) is 0 Å². The molecule has 2 N–H and O–H groups in total. The van der Waals surface area contributed by atoms with Crippen LogP contribution >= 0.6 is 0 Å². The average Bonchev–Trinajstić information content (AvgIpc) is 2.39. The van der Waals surface area contributed by atoms with Crippen LogP contribution < -0.4 is 10.5 Å². The van der Waals surface area contributed by atoms with Gasteiger partial charge in [-0.25, -0.2) is 0 Å². The average molecular weight is 261 g/mol. The van der Waals surface area contributed by atoms with E-state index in [4.69, 9.17) is 10.5 Å². The van der Waals surface area contributed by atoms with Crippen LogP contribution in [0.1, 0.15) is 47.9 Å². The quantitative estimate of drug-likeness (QED) is 0.901. The minimum atomic E-state index is 0.430. The fourth-order valence-corrected chi connectivity index (χ4v) is 3.32. The number of benzene rings is 1. The summed E-state index contributed by atoms with van der Waals surface area (Å²) in [5, 5.41) is 0. The fourth-order valence-electron chi connectivity index (χ4n) is 3.32. The molecule has 1 aromatic carbocycles. The molecule has 1 aliphatic rings. The van der Waals surface area contributed by atoms with Gasteiger partial charge >= 0.3 is 0 Å². The van der Waals surface area contributed by atoms with Gasteiger partial charge in [-0.1, -0.05) is 6.07 Å². The molecular weight excluding hydrogens is 234 g/mol. The Labute approximate surface area is 117 Å². The molecule has 0 spiro atoms. The zero-order chi connectivity index (χ0) is 14.0. The largest absolute Gasteiger partial charge is 0.496 e. The van der Waals surface area contributed by atoms with Crippen molar-refractivity contribution in [2.24, 2.45) is 11.7 Å². The Balaban J connectivity index is 2.22. The molecule has 0 amide bonds. The van der Waals surface area contributed by atoms with E-state index in [9.17, 15) is 0 Å². The molecule has 1 saturated carbocycles. The van der Waals surface area contributed by atoms with Crippen molar-refractivity contribution in [1.82, 2.24) is 0 Å². The van der Waals surface area contributed by atoms with E-state index in [-0.39, 0.29) is 0 Å². The van der Waals surface area contributed by atoms with Crippen LogP contribution in [0.5, 0.6) is 5.75 Å². The molecule has 0 heterocycles. The standard InChI is InChI=1S/C17H27NO/c1-11-9-12(2)16(17(19-4)13(11)3)10-14-5-7-15(18)8-6-14/h9,14-15H,5-8,10,18H2,1-4H3. The van der Waals surface area contributed by atoms with Crippen LogP contribution in [0.3, 0.4) is 0 Å². The summed E-state index contributed by atoms with van der Waals surface area (Å²) in [5.74, 6) is 1.88. The SMILES string of the molecule is COc1c(C)c(C)cc(C)c1CC1CCC(N)CC1.